The maximum atomic E-state index is 10.5. The number of aliphatic carboxylic acids is 1. The second-order valence-electron chi connectivity index (χ2n) is 4.96. The number of carboxylic acids is 1. The Morgan fingerprint density at radius 1 is 1.53 bits per heavy atom. The number of hydrogen-bond donors (Lipinski definition) is 2. The molecule has 0 heterocycles. The molecule has 2 saturated carbocycles. The van der Waals surface area contributed by atoms with Gasteiger partial charge in [0, 0.05) is 18.7 Å². The van der Waals surface area contributed by atoms with Gasteiger partial charge in [-0.1, -0.05) is 6.08 Å². The third kappa shape index (κ3) is 2.59. The number of carboxylic acid groups (broad SMARTS) is 1. The molecule has 0 spiro atoms. The molecule has 2 fully saturated rings. The van der Waals surface area contributed by atoms with E-state index in [1.807, 2.05) is 0 Å². The molecule has 0 bridgehead atoms. The first kappa shape index (κ1) is 10.7. The average molecular weight is 209 g/mol. The number of rotatable bonds is 6. The summed E-state index contributed by atoms with van der Waals surface area (Å²) in [6.45, 7) is 3.39. The predicted octanol–water partition coefficient (Wildman–Crippen LogP) is 1.80. The molecule has 2 N–H and O–H groups in total. The van der Waals surface area contributed by atoms with Gasteiger partial charge in [0.15, 0.2) is 0 Å². The molecule has 2 aliphatic carbocycles. The molecule has 0 aromatic carbocycles. The molecular weight excluding hydrogens is 190 g/mol. The van der Waals surface area contributed by atoms with Gasteiger partial charge in [-0.2, -0.15) is 0 Å². The van der Waals surface area contributed by atoms with E-state index >= 15 is 0 Å². The van der Waals surface area contributed by atoms with Crippen molar-refractivity contribution in [3.63, 3.8) is 0 Å². The first-order valence-electron chi connectivity index (χ1n) is 5.75. The lowest BCUT2D eigenvalue weighted by Gasteiger charge is -2.13. The van der Waals surface area contributed by atoms with Crippen LogP contribution in [-0.2, 0) is 4.79 Å². The van der Waals surface area contributed by atoms with Crippen LogP contribution in [0.4, 0.5) is 0 Å². The fourth-order valence-corrected chi connectivity index (χ4v) is 2.22. The highest BCUT2D eigenvalue weighted by Crippen LogP contribution is 2.60. The van der Waals surface area contributed by atoms with Gasteiger partial charge in [0.2, 0.25) is 0 Å². The van der Waals surface area contributed by atoms with E-state index in [0.29, 0.717) is 17.5 Å². The monoisotopic (exact) mass is 209 g/mol. The van der Waals surface area contributed by atoms with E-state index in [2.05, 4.69) is 5.32 Å². The molecule has 0 aliphatic heterocycles. The highest BCUT2D eigenvalue weighted by molar-refractivity contribution is 5.85. The summed E-state index contributed by atoms with van der Waals surface area (Å²) in [7, 11) is 0. The van der Waals surface area contributed by atoms with Crippen LogP contribution in [-0.4, -0.2) is 24.2 Å². The lowest BCUT2D eigenvalue weighted by Crippen LogP contribution is -2.25. The molecule has 0 atom stereocenters. The lowest BCUT2D eigenvalue weighted by molar-refractivity contribution is -0.132. The summed E-state index contributed by atoms with van der Waals surface area (Å²) in [4.78, 5) is 10.5. The van der Waals surface area contributed by atoms with Gasteiger partial charge in [-0.15, -0.1) is 0 Å². The number of nitrogens with one attached hydrogen (secondary N) is 1. The summed E-state index contributed by atoms with van der Waals surface area (Å²) in [6, 6.07) is 0. The zero-order valence-electron chi connectivity index (χ0n) is 9.25. The van der Waals surface area contributed by atoms with E-state index in [-0.39, 0.29) is 0 Å². The van der Waals surface area contributed by atoms with E-state index in [1.54, 1.807) is 13.0 Å². The van der Waals surface area contributed by atoms with E-state index in [0.717, 1.165) is 12.5 Å². The van der Waals surface area contributed by atoms with Crippen LogP contribution in [0.15, 0.2) is 11.6 Å². The topological polar surface area (TPSA) is 49.3 Å². The Balaban J connectivity index is 1.67. The van der Waals surface area contributed by atoms with Gasteiger partial charge < -0.3 is 10.4 Å². The highest BCUT2D eigenvalue weighted by Gasteiger charge is 2.52. The summed E-state index contributed by atoms with van der Waals surface area (Å²) >= 11 is 0. The van der Waals surface area contributed by atoms with E-state index in [4.69, 9.17) is 5.11 Å². The summed E-state index contributed by atoms with van der Waals surface area (Å²) in [5.41, 5.74) is 1.03. The number of carbonyl (C=O) groups is 1. The Bertz CT molecular complexity index is 288. The van der Waals surface area contributed by atoms with Crippen LogP contribution in [0.25, 0.3) is 0 Å². The second-order valence-corrected chi connectivity index (χ2v) is 4.96. The van der Waals surface area contributed by atoms with Crippen LogP contribution in [0.3, 0.4) is 0 Å². The summed E-state index contributed by atoms with van der Waals surface area (Å²) in [5, 5.41) is 12.0. The Morgan fingerprint density at radius 3 is 2.67 bits per heavy atom. The highest BCUT2D eigenvalue weighted by atomic mass is 16.4. The van der Waals surface area contributed by atoms with Crippen molar-refractivity contribution in [3.8, 4) is 0 Å². The fourth-order valence-electron chi connectivity index (χ4n) is 2.22. The zero-order chi connectivity index (χ0) is 10.9. The minimum atomic E-state index is -0.819. The van der Waals surface area contributed by atoms with Crippen LogP contribution in [0.2, 0.25) is 0 Å². The van der Waals surface area contributed by atoms with Gasteiger partial charge in [-0.3, -0.25) is 0 Å². The van der Waals surface area contributed by atoms with Crippen LogP contribution < -0.4 is 5.32 Å². The average Bonchev–Trinajstić information content (AvgIpc) is 3.00. The smallest absolute Gasteiger partial charge is 0.330 e. The molecule has 84 valence electrons. The minimum Gasteiger partial charge on any atom is -0.478 e. The van der Waals surface area contributed by atoms with Crippen molar-refractivity contribution in [1.82, 2.24) is 5.32 Å². The minimum absolute atomic E-state index is 0.429. The molecular formula is C12H19NO2. The SMILES string of the molecule is CC(=CCNCC1(C2CC2)CC1)C(=O)O. The summed E-state index contributed by atoms with van der Waals surface area (Å²) < 4.78 is 0. The van der Waals surface area contributed by atoms with Gasteiger partial charge in [0.05, 0.1) is 0 Å². The van der Waals surface area contributed by atoms with Gasteiger partial charge in [0.1, 0.15) is 0 Å². The van der Waals surface area contributed by atoms with E-state index < -0.39 is 5.97 Å². The molecule has 0 saturated heterocycles. The summed E-state index contributed by atoms with van der Waals surface area (Å²) in [6.07, 6.45) is 7.31. The molecule has 0 aromatic rings. The van der Waals surface area contributed by atoms with Gasteiger partial charge in [-0.25, -0.2) is 4.79 Å². The third-order valence-corrected chi connectivity index (χ3v) is 3.70. The Kier molecular flexibility index (Phi) is 2.83. The molecule has 2 rings (SSSR count). The van der Waals surface area contributed by atoms with Crippen LogP contribution in [0, 0.1) is 11.3 Å². The fraction of sp³-hybridized carbons (Fsp3) is 0.750. The van der Waals surface area contributed by atoms with Crippen molar-refractivity contribution in [2.24, 2.45) is 11.3 Å². The summed E-state index contributed by atoms with van der Waals surface area (Å²) in [5.74, 6) is 0.148. The number of hydrogen-bond acceptors (Lipinski definition) is 2. The normalized spacial score (nSPS) is 23.9. The van der Waals surface area contributed by atoms with Crippen molar-refractivity contribution in [1.29, 1.82) is 0 Å². The van der Waals surface area contributed by atoms with E-state index in [1.165, 1.54) is 25.7 Å². The van der Waals surface area contributed by atoms with Crippen LogP contribution in [0.5, 0.6) is 0 Å². The van der Waals surface area contributed by atoms with Crippen molar-refractivity contribution < 1.29 is 9.90 Å². The van der Waals surface area contributed by atoms with E-state index in [9.17, 15) is 4.79 Å². The Morgan fingerprint density at radius 2 is 2.20 bits per heavy atom. The first-order valence-corrected chi connectivity index (χ1v) is 5.75. The van der Waals surface area contributed by atoms with Gasteiger partial charge in [0.25, 0.3) is 0 Å². The van der Waals surface area contributed by atoms with Crippen molar-refractivity contribution in [2.75, 3.05) is 13.1 Å². The molecule has 3 heteroatoms. The van der Waals surface area contributed by atoms with Crippen LogP contribution >= 0.6 is 0 Å². The van der Waals surface area contributed by atoms with Crippen LogP contribution in [0.1, 0.15) is 32.6 Å². The van der Waals surface area contributed by atoms with Crippen molar-refractivity contribution in [3.05, 3.63) is 11.6 Å². The molecule has 0 amide bonds. The molecule has 0 aromatic heterocycles. The zero-order valence-corrected chi connectivity index (χ0v) is 9.25. The van der Waals surface area contributed by atoms with Gasteiger partial charge >= 0.3 is 5.97 Å². The Labute approximate surface area is 90.6 Å². The van der Waals surface area contributed by atoms with Crippen molar-refractivity contribution >= 4 is 5.97 Å². The van der Waals surface area contributed by atoms with Gasteiger partial charge in [-0.05, 0) is 43.9 Å². The molecule has 3 nitrogen and oxygen atoms in total. The first-order chi connectivity index (χ1) is 7.14. The maximum Gasteiger partial charge on any atom is 0.330 e. The third-order valence-electron chi connectivity index (χ3n) is 3.70. The lowest BCUT2D eigenvalue weighted by atomic mass is 10.0. The molecule has 0 unspecified atom stereocenters. The predicted molar refractivity (Wildman–Crippen MR) is 58.7 cm³/mol. The molecule has 15 heavy (non-hydrogen) atoms. The molecule has 0 radical (unpaired) electrons. The van der Waals surface area contributed by atoms with Crippen molar-refractivity contribution in [2.45, 2.75) is 32.6 Å². The largest absolute Gasteiger partial charge is 0.478 e. The quantitative estimate of drug-likeness (QED) is 0.518. The standard InChI is InChI=1S/C12H19NO2/c1-9(11(14)15)4-7-13-8-12(5-6-12)10-2-3-10/h4,10,13H,2-3,5-8H2,1H3,(H,14,15). The maximum absolute atomic E-state index is 10.5. The molecule has 2 aliphatic rings. The Hall–Kier alpha value is -0.830. The second kappa shape index (κ2) is 3.97.